The summed E-state index contributed by atoms with van der Waals surface area (Å²) in [4.78, 5) is 27.8. The van der Waals surface area contributed by atoms with Gasteiger partial charge in [0.05, 0.1) is 5.75 Å². The molecule has 5 nitrogen and oxygen atoms in total. The Labute approximate surface area is 142 Å². The molecule has 0 unspecified atom stereocenters. The third-order valence-corrected chi connectivity index (χ3v) is 5.33. The van der Waals surface area contributed by atoms with E-state index in [9.17, 15) is 9.59 Å². The van der Waals surface area contributed by atoms with E-state index in [0.717, 1.165) is 28.4 Å². The van der Waals surface area contributed by atoms with Crippen LogP contribution in [0.1, 0.15) is 19.8 Å². The van der Waals surface area contributed by atoms with Gasteiger partial charge in [-0.3, -0.25) is 9.59 Å². The summed E-state index contributed by atoms with van der Waals surface area (Å²) in [7, 11) is 0. The smallest absolute Gasteiger partial charge is 0.230 e. The molecule has 2 N–H and O–H groups in total. The van der Waals surface area contributed by atoms with Crippen LogP contribution >= 0.6 is 23.1 Å². The molecule has 3 rings (SSSR count). The Bertz CT molecular complexity index is 711. The van der Waals surface area contributed by atoms with Gasteiger partial charge in [0.2, 0.25) is 11.8 Å². The minimum Gasteiger partial charge on any atom is -0.353 e. The molecule has 0 bridgehead atoms. The lowest BCUT2D eigenvalue weighted by molar-refractivity contribution is -0.118. The fraction of sp³-hybridized carbons (Fsp3) is 0.312. The minimum absolute atomic E-state index is 0.0371. The van der Waals surface area contributed by atoms with E-state index < -0.39 is 0 Å². The molecule has 1 heterocycles. The number of thiazole rings is 1. The zero-order valence-corrected chi connectivity index (χ0v) is 14.3. The minimum atomic E-state index is -0.131. The molecule has 1 aliphatic rings. The number of rotatable bonds is 6. The maximum atomic E-state index is 11.8. The van der Waals surface area contributed by atoms with E-state index in [1.165, 1.54) is 30.0 Å². The lowest BCUT2D eigenvalue weighted by Crippen LogP contribution is -2.26. The highest BCUT2D eigenvalue weighted by molar-refractivity contribution is 8.01. The van der Waals surface area contributed by atoms with Gasteiger partial charge in [0.1, 0.15) is 10.7 Å². The van der Waals surface area contributed by atoms with Gasteiger partial charge in [-0.05, 0) is 12.8 Å². The van der Waals surface area contributed by atoms with E-state index in [1.807, 2.05) is 30.3 Å². The first-order valence-corrected chi connectivity index (χ1v) is 9.18. The topological polar surface area (TPSA) is 71.1 Å². The van der Waals surface area contributed by atoms with Crippen LogP contribution in [0.4, 0.5) is 5.00 Å². The third kappa shape index (κ3) is 4.56. The summed E-state index contributed by atoms with van der Waals surface area (Å²) < 4.78 is 0.776. The first-order valence-electron chi connectivity index (χ1n) is 7.38. The van der Waals surface area contributed by atoms with Crippen molar-refractivity contribution in [2.24, 2.45) is 0 Å². The Morgan fingerprint density at radius 3 is 2.70 bits per heavy atom. The van der Waals surface area contributed by atoms with Gasteiger partial charge in [-0.25, -0.2) is 4.98 Å². The van der Waals surface area contributed by atoms with Crippen LogP contribution in [0.5, 0.6) is 0 Å². The lowest BCUT2D eigenvalue weighted by atomic mass is 10.2. The molecular formula is C16H17N3O2S2. The molecule has 1 aromatic heterocycles. The Morgan fingerprint density at radius 2 is 2.04 bits per heavy atom. The number of hydrogen-bond donors (Lipinski definition) is 2. The van der Waals surface area contributed by atoms with E-state index >= 15 is 0 Å². The van der Waals surface area contributed by atoms with Gasteiger partial charge < -0.3 is 10.6 Å². The van der Waals surface area contributed by atoms with Crippen molar-refractivity contribution in [1.82, 2.24) is 10.3 Å². The number of aromatic nitrogens is 1. The molecular weight excluding hydrogens is 330 g/mol. The second kappa shape index (κ2) is 7.14. The van der Waals surface area contributed by atoms with E-state index in [1.54, 1.807) is 0 Å². The van der Waals surface area contributed by atoms with E-state index in [0.29, 0.717) is 16.8 Å². The predicted octanol–water partition coefficient (Wildman–Crippen LogP) is 3.14. The summed E-state index contributed by atoms with van der Waals surface area (Å²) in [5.41, 5.74) is 1.69. The summed E-state index contributed by atoms with van der Waals surface area (Å²) >= 11 is 2.80. The molecule has 0 atom stereocenters. The fourth-order valence-electron chi connectivity index (χ4n) is 2.02. The molecule has 1 fully saturated rings. The summed E-state index contributed by atoms with van der Waals surface area (Å²) in [6, 6.07) is 10.1. The van der Waals surface area contributed by atoms with Crippen LogP contribution < -0.4 is 10.6 Å². The molecule has 1 saturated carbocycles. The molecule has 0 spiro atoms. The number of thioether (sulfide) groups is 1. The van der Waals surface area contributed by atoms with Gasteiger partial charge >= 0.3 is 0 Å². The summed E-state index contributed by atoms with van der Waals surface area (Å²) in [6.45, 7) is 1.48. The molecule has 2 aromatic rings. The van der Waals surface area contributed by atoms with Crippen molar-refractivity contribution >= 4 is 39.9 Å². The number of nitrogens with one attached hydrogen (secondary N) is 2. The standard InChI is InChI=1S/C16H17N3O2S2/c1-10(20)17-15-14(11-5-3-2-4-6-11)19-16(23-15)22-9-13(21)18-12-7-8-12/h2-6,12H,7-9H2,1H3,(H,17,20)(H,18,21). The molecule has 0 saturated heterocycles. The maximum Gasteiger partial charge on any atom is 0.230 e. The van der Waals surface area contributed by atoms with Crippen molar-refractivity contribution in [2.75, 3.05) is 11.1 Å². The van der Waals surface area contributed by atoms with Crippen LogP contribution in [0.15, 0.2) is 34.7 Å². The quantitative estimate of drug-likeness (QED) is 0.788. The highest BCUT2D eigenvalue weighted by Gasteiger charge is 2.23. The highest BCUT2D eigenvalue weighted by Crippen LogP contribution is 2.37. The summed E-state index contributed by atoms with van der Waals surface area (Å²) in [5, 5.41) is 6.50. The predicted molar refractivity (Wildman–Crippen MR) is 93.7 cm³/mol. The average molecular weight is 347 g/mol. The number of anilines is 1. The van der Waals surface area contributed by atoms with Gasteiger partial charge in [-0.15, -0.1) is 0 Å². The molecule has 7 heteroatoms. The lowest BCUT2D eigenvalue weighted by Gasteiger charge is -2.01. The van der Waals surface area contributed by atoms with Crippen LogP contribution in [-0.2, 0) is 9.59 Å². The Kier molecular flexibility index (Phi) is 4.97. The number of carbonyl (C=O) groups excluding carboxylic acids is 2. The number of nitrogens with zero attached hydrogens (tertiary/aromatic N) is 1. The molecule has 120 valence electrons. The van der Waals surface area contributed by atoms with E-state index in [4.69, 9.17) is 0 Å². The second-order valence-corrected chi connectivity index (χ2v) is 7.56. The van der Waals surface area contributed by atoms with Crippen molar-refractivity contribution in [1.29, 1.82) is 0 Å². The number of amides is 2. The molecule has 1 aliphatic carbocycles. The fourth-order valence-corrected chi connectivity index (χ4v) is 3.95. The maximum absolute atomic E-state index is 11.8. The number of hydrogen-bond acceptors (Lipinski definition) is 5. The third-order valence-electron chi connectivity index (χ3n) is 3.21. The van der Waals surface area contributed by atoms with E-state index in [2.05, 4.69) is 15.6 Å². The molecule has 0 radical (unpaired) electrons. The summed E-state index contributed by atoms with van der Waals surface area (Å²) in [5.74, 6) is 0.251. The Hall–Kier alpha value is -1.86. The van der Waals surface area contributed by atoms with Gasteiger partial charge in [-0.1, -0.05) is 53.4 Å². The van der Waals surface area contributed by atoms with Crippen LogP contribution in [0, 0.1) is 0 Å². The largest absolute Gasteiger partial charge is 0.353 e. The first kappa shape index (κ1) is 16.0. The van der Waals surface area contributed by atoms with Crippen LogP contribution in [0.25, 0.3) is 11.3 Å². The van der Waals surface area contributed by atoms with Crippen LogP contribution in [0.3, 0.4) is 0 Å². The molecule has 23 heavy (non-hydrogen) atoms. The number of carbonyl (C=O) groups is 2. The summed E-state index contributed by atoms with van der Waals surface area (Å²) in [6.07, 6.45) is 2.16. The monoisotopic (exact) mass is 347 g/mol. The first-order chi connectivity index (χ1) is 11.1. The molecule has 2 amide bonds. The van der Waals surface area contributed by atoms with Crippen molar-refractivity contribution in [3.05, 3.63) is 30.3 Å². The van der Waals surface area contributed by atoms with Gasteiger partial charge in [0, 0.05) is 18.5 Å². The Morgan fingerprint density at radius 1 is 1.30 bits per heavy atom. The van der Waals surface area contributed by atoms with Crippen molar-refractivity contribution < 1.29 is 9.59 Å². The van der Waals surface area contributed by atoms with Crippen LogP contribution in [0.2, 0.25) is 0 Å². The van der Waals surface area contributed by atoms with Crippen LogP contribution in [-0.4, -0.2) is 28.6 Å². The van der Waals surface area contributed by atoms with E-state index in [-0.39, 0.29) is 11.8 Å². The van der Waals surface area contributed by atoms with Crippen molar-refractivity contribution in [2.45, 2.75) is 30.1 Å². The highest BCUT2D eigenvalue weighted by atomic mass is 32.2. The normalized spacial score (nSPS) is 13.6. The zero-order valence-electron chi connectivity index (χ0n) is 12.7. The average Bonchev–Trinajstić information content (AvgIpc) is 3.25. The number of benzene rings is 1. The van der Waals surface area contributed by atoms with Gasteiger partial charge in [0.15, 0.2) is 4.34 Å². The molecule has 1 aromatic carbocycles. The molecule has 0 aliphatic heterocycles. The van der Waals surface area contributed by atoms with Crippen molar-refractivity contribution in [3.8, 4) is 11.3 Å². The second-order valence-electron chi connectivity index (χ2n) is 5.34. The van der Waals surface area contributed by atoms with Gasteiger partial charge in [0.25, 0.3) is 0 Å². The Balaban J connectivity index is 1.74. The SMILES string of the molecule is CC(=O)Nc1sc(SCC(=O)NC2CC2)nc1-c1ccccc1. The van der Waals surface area contributed by atoms with Crippen molar-refractivity contribution in [3.63, 3.8) is 0 Å². The van der Waals surface area contributed by atoms with Gasteiger partial charge in [-0.2, -0.15) is 0 Å². The zero-order chi connectivity index (χ0) is 16.2.